The number of aliphatic hydroxyl groups is 1. The van der Waals surface area contributed by atoms with Crippen molar-refractivity contribution in [2.75, 3.05) is 25.0 Å². The number of piperidine rings is 1. The summed E-state index contributed by atoms with van der Waals surface area (Å²) in [5.41, 5.74) is -1.55. The van der Waals surface area contributed by atoms with E-state index in [1.54, 1.807) is 36.5 Å². The second-order valence-electron chi connectivity index (χ2n) is 9.91. The van der Waals surface area contributed by atoms with Crippen molar-refractivity contribution in [3.8, 4) is 0 Å². The number of hydrogen-bond donors (Lipinski definition) is 2. The van der Waals surface area contributed by atoms with Crippen LogP contribution in [0.4, 0.5) is 23.8 Å². The van der Waals surface area contributed by atoms with Gasteiger partial charge in [-0.05, 0) is 33.6 Å². The number of Topliss-reactive ketones (excluding diaryl/α,β-unsaturated/α-hetero) is 1. The minimum atomic E-state index is -4.69. The van der Waals surface area contributed by atoms with Gasteiger partial charge in [0.05, 0.1) is 31.2 Å². The molecule has 4 heterocycles. The van der Waals surface area contributed by atoms with E-state index in [1.807, 2.05) is 0 Å². The maximum absolute atomic E-state index is 12.9. The summed E-state index contributed by atoms with van der Waals surface area (Å²) in [7, 11) is 0. The minimum absolute atomic E-state index is 0.0507. The first kappa shape index (κ1) is 26.7. The van der Waals surface area contributed by atoms with E-state index in [1.165, 1.54) is 0 Å². The predicted molar refractivity (Wildman–Crippen MR) is 120 cm³/mol. The van der Waals surface area contributed by atoms with Gasteiger partial charge in [-0.3, -0.25) is 9.78 Å². The van der Waals surface area contributed by atoms with Crippen molar-refractivity contribution in [1.29, 1.82) is 0 Å². The van der Waals surface area contributed by atoms with Gasteiger partial charge in [0.15, 0.2) is 11.5 Å². The normalized spacial score (nSPS) is 23.7. The fourth-order valence-electron chi connectivity index (χ4n) is 4.08. The number of halogens is 3. The number of aliphatic hydroxyl groups excluding tert-OH is 1. The zero-order valence-corrected chi connectivity index (χ0v) is 20.5. The van der Waals surface area contributed by atoms with Crippen molar-refractivity contribution in [3.05, 3.63) is 30.0 Å². The summed E-state index contributed by atoms with van der Waals surface area (Å²) in [5.74, 6) is -0.957. The van der Waals surface area contributed by atoms with Crippen LogP contribution in [0.1, 0.15) is 57.1 Å². The van der Waals surface area contributed by atoms with Crippen LogP contribution in [-0.4, -0.2) is 84.3 Å². The number of ketones is 1. The molecule has 2 aliphatic heterocycles. The van der Waals surface area contributed by atoms with Crippen molar-refractivity contribution in [2.45, 2.75) is 69.7 Å². The highest BCUT2D eigenvalue weighted by atomic mass is 19.4. The molecule has 2 aromatic heterocycles. The van der Waals surface area contributed by atoms with E-state index in [9.17, 15) is 27.9 Å². The lowest BCUT2D eigenvalue weighted by Crippen LogP contribution is -2.49. The number of nitrogens with zero attached hydrogens (tertiary/aromatic N) is 6. The molecule has 202 valence electrons. The summed E-state index contributed by atoms with van der Waals surface area (Å²) < 4.78 is 51.3. The Morgan fingerprint density at radius 1 is 1.22 bits per heavy atom. The first-order chi connectivity index (χ1) is 17.3. The van der Waals surface area contributed by atoms with E-state index < -0.39 is 41.5 Å². The standard InChI is InChI=1S/C22H28F3N7O5/c1-21(2,3)37-20(35)31-6-4-12(5-7-31)32-10-13(29-30-32)19-18(34)17(33)14(11-36-19)27-16-9-26-8-15(28-16)22(23,24)25/h8-10,12,14,18-19,34H,4-7,11H2,1-3H3,(H,27,28)/t14-,18+,19+/m0/s1. The number of rotatable bonds is 4. The van der Waals surface area contributed by atoms with Gasteiger partial charge in [-0.1, -0.05) is 5.21 Å². The first-order valence-electron chi connectivity index (χ1n) is 11.7. The Hall–Kier alpha value is -3.33. The van der Waals surface area contributed by atoms with Crippen LogP contribution >= 0.6 is 0 Å². The van der Waals surface area contributed by atoms with Crippen LogP contribution in [0.2, 0.25) is 0 Å². The Kier molecular flexibility index (Phi) is 7.37. The quantitative estimate of drug-likeness (QED) is 0.607. The Morgan fingerprint density at radius 2 is 1.92 bits per heavy atom. The Morgan fingerprint density at radius 3 is 2.57 bits per heavy atom. The maximum atomic E-state index is 12.9. The molecule has 2 N–H and O–H groups in total. The van der Waals surface area contributed by atoms with Gasteiger partial charge < -0.3 is 24.8 Å². The molecule has 2 fully saturated rings. The predicted octanol–water partition coefficient (Wildman–Crippen LogP) is 2.14. The van der Waals surface area contributed by atoms with E-state index in [4.69, 9.17) is 9.47 Å². The molecule has 2 aliphatic rings. The van der Waals surface area contributed by atoms with Crippen LogP contribution < -0.4 is 5.32 Å². The number of carbonyl (C=O) groups excluding carboxylic acids is 2. The highest BCUT2D eigenvalue weighted by Crippen LogP contribution is 2.30. The highest BCUT2D eigenvalue weighted by molar-refractivity contribution is 5.91. The highest BCUT2D eigenvalue weighted by Gasteiger charge is 2.41. The summed E-state index contributed by atoms with van der Waals surface area (Å²) in [6.07, 6.45) is -3.36. The largest absolute Gasteiger partial charge is 0.444 e. The molecule has 3 atom stereocenters. The lowest BCUT2D eigenvalue weighted by molar-refractivity contribution is -0.149. The van der Waals surface area contributed by atoms with E-state index in [0.717, 1.165) is 6.20 Å². The van der Waals surface area contributed by atoms with Gasteiger partial charge in [0.1, 0.15) is 35.4 Å². The first-order valence-corrected chi connectivity index (χ1v) is 11.7. The van der Waals surface area contributed by atoms with Crippen molar-refractivity contribution in [2.24, 2.45) is 0 Å². The summed E-state index contributed by atoms with van der Waals surface area (Å²) in [6.45, 7) is 6.12. The Labute approximate surface area is 210 Å². The Balaban J connectivity index is 1.34. The number of aromatic nitrogens is 5. The summed E-state index contributed by atoms with van der Waals surface area (Å²) in [5, 5.41) is 21.3. The molecule has 0 radical (unpaired) electrons. The monoisotopic (exact) mass is 527 g/mol. The fraction of sp³-hybridized carbons (Fsp3) is 0.636. The van der Waals surface area contributed by atoms with Gasteiger partial charge in [-0.25, -0.2) is 14.5 Å². The third-order valence-electron chi connectivity index (χ3n) is 5.92. The van der Waals surface area contributed by atoms with Crippen molar-refractivity contribution < 1.29 is 37.3 Å². The molecule has 0 spiro atoms. The van der Waals surface area contributed by atoms with Crippen LogP contribution in [0.25, 0.3) is 0 Å². The van der Waals surface area contributed by atoms with Crippen molar-refractivity contribution >= 4 is 17.7 Å². The van der Waals surface area contributed by atoms with Crippen molar-refractivity contribution in [3.63, 3.8) is 0 Å². The summed E-state index contributed by atoms with van der Waals surface area (Å²) in [4.78, 5) is 33.5. The van der Waals surface area contributed by atoms with Crippen LogP contribution in [0, 0.1) is 0 Å². The third kappa shape index (κ3) is 6.33. The number of carbonyl (C=O) groups is 2. The molecular weight excluding hydrogens is 499 g/mol. The molecule has 0 aliphatic carbocycles. The number of amides is 1. The lowest BCUT2D eigenvalue weighted by Gasteiger charge is -2.33. The molecule has 0 aromatic carbocycles. The second-order valence-corrected chi connectivity index (χ2v) is 9.91. The maximum Gasteiger partial charge on any atom is 0.434 e. The molecule has 0 saturated carbocycles. The van der Waals surface area contributed by atoms with Crippen molar-refractivity contribution in [1.82, 2.24) is 29.9 Å². The van der Waals surface area contributed by atoms with Gasteiger partial charge in [-0.15, -0.1) is 5.10 Å². The molecule has 0 unspecified atom stereocenters. The zero-order valence-electron chi connectivity index (χ0n) is 20.5. The van der Waals surface area contributed by atoms with E-state index in [0.29, 0.717) is 32.1 Å². The van der Waals surface area contributed by atoms with E-state index >= 15 is 0 Å². The lowest BCUT2D eigenvalue weighted by atomic mass is 9.98. The van der Waals surface area contributed by atoms with E-state index in [-0.39, 0.29) is 30.3 Å². The van der Waals surface area contributed by atoms with Gasteiger partial charge in [0.25, 0.3) is 0 Å². The van der Waals surface area contributed by atoms with Gasteiger partial charge >= 0.3 is 12.3 Å². The Bertz CT molecular complexity index is 1130. The van der Waals surface area contributed by atoms with Gasteiger partial charge in [0.2, 0.25) is 0 Å². The average Bonchev–Trinajstić information content (AvgIpc) is 3.31. The van der Waals surface area contributed by atoms with E-state index in [2.05, 4.69) is 25.6 Å². The zero-order chi connectivity index (χ0) is 27.0. The van der Waals surface area contributed by atoms with Crippen LogP contribution in [0.5, 0.6) is 0 Å². The minimum Gasteiger partial charge on any atom is -0.444 e. The number of nitrogens with one attached hydrogen (secondary N) is 1. The molecule has 0 bridgehead atoms. The fourth-order valence-corrected chi connectivity index (χ4v) is 4.08. The van der Waals surface area contributed by atoms with Gasteiger partial charge in [-0.2, -0.15) is 13.2 Å². The second kappa shape index (κ2) is 10.2. The number of hydrogen-bond acceptors (Lipinski definition) is 10. The SMILES string of the molecule is CC(C)(C)OC(=O)N1CCC(n2cc([C@H]3OC[C@H](Nc4cncc(C(F)(F)F)n4)C(=O)[C@H]3O)nn2)CC1. The third-order valence-corrected chi connectivity index (χ3v) is 5.92. The number of likely N-dealkylation sites (tertiary alicyclic amines) is 1. The molecule has 37 heavy (non-hydrogen) atoms. The number of alkyl halides is 3. The van der Waals surface area contributed by atoms with Crippen LogP contribution in [0.3, 0.4) is 0 Å². The van der Waals surface area contributed by atoms with Crippen LogP contribution in [-0.2, 0) is 20.4 Å². The average molecular weight is 528 g/mol. The summed E-state index contributed by atoms with van der Waals surface area (Å²) in [6, 6.07) is -1.18. The molecule has 4 rings (SSSR count). The number of anilines is 1. The molecule has 2 aromatic rings. The smallest absolute Gasteiger partial charge is 0.434 e. The molecule has 1 amide bonds. The molecular formula is C22H28F3N7O5. The molecule has 15 heteroatoms. The molecule has 12 nitrogen and oxygen atoms in total. The van der Waals surface area contributed by atoms with Gasteiger partial charge in [0, 0.05) is 13.1 Å². The number of ether oxygens (including phenoxy) is 2. The molecule has 2 saturated heterocycles. The van der Waals surface area contributed by atoms with Crippen LogP contribution in [0.15, 0.2) is 18.6 Å². The topological polar surface area (TPSA) is 145 Å². The summed E-state index contributed by atoms with van der Waals surface area (Å²) >= 11 is 0.